The van der Waals surface area contributed by atoms with Crippen LogP contribution < -0.4 is 4.90 Å². The molecule has 1 N–H and O–H groups in total. The molecule has 1 aliphatic heterocycles. The molecule has 2 unspecified atom stereocenters. The number of hydrogen-bond acceptors (Lipinski definition) is 3. The molecule has 0 spiro atoms. The molecule has 1 heterocycles. The Balaban J connectivity index is 2.19. The summed E-state index contributed by atoms with van der Waals surface area (Å²) < 4.78 is 0.820. The Labute approximate surface area is 116 Å². The molecule has 0 aliphatic carbocycles. The monoisotopic (exact) mass is 311 g/mol. The van der Waals surface area contributed by atoms with Crippen LogP contribution in [-0.2, 0) is 0 Å². The first-order valence-electron chi connectivity index (χ1n) is 6.22. The summed E-state index contributed by atoms with van der Waals surface area (Å²) in [5, 5.41) is 9.91. The number of Topliss-reactive ketones (excluding diaryl/α,β-unsaturated/α-hetero) is 1. The van der Waals surface area contributed by atoms with Gasteiger partial charge in [0.1, 0.15) is 0 Å². The SMILES string of the molecule is CC(=O)c1ccc(N2CCC(C)C(O)C2)cc1Br. The minimum Gasteiger partial charge on any atom is -0.391 e. The summed E-state index contributed by atoms with van der Waals surface area (Å²) in [6, 6.07) is 5.75. The van der Waals surface area contributed by atoms with Crippen LogP contribution in [0.4, 0.5) is 5.69 Å². The largest absolute Gasteiger partial charge is 0.391 e. The van der Waals surface area contributed by atoms with Crippen molar-refractivity contribution in [1.82, 2.24) is 0 Å². The van der Waals surface area contributed by atoms with Crippen LogP contribution in [0.15, 0.2) is 22.7 Å². The second-order valence-electron chi connectivity index (χ2n) is 5.00. The maximum absolute atomic E-state index is 11.4. The molecule has 0 bridgehead atoms. The predicted octanol–water partition coefficient (Wildman–Crippen LogP) is 2.86. The molecule has 0 amide bonds. The van der Waals surface area contributed by atoms with Crippen molar-refractivity contribution in [1.29, 1.82) is 0 Å². The van der Waals surface area contributed by atoms with E-state index >= 15 is 0 Å². The van der Waals surface area contributed by atoms with Gasteiger partial charge in [0.05, 0.1) is 6.10 Å². The Bertz CT molecular complexity index is 461. The molecular formula is C14H18BrNO2. The zero-order valence-electron chi connectivity index (χ0n) is 10.7. The van der Waals surface area contributed by atoms with Crippen LogP contribution in [0.1, 0.15) is 30.6 Å². The Morgan fingerprint density at radius 3 is 2.78 bits per heavy atom. The van der Waals surface area contributed by atoms with E-state index in [0.717, 1.165) is 23.1 Å². The van der Waals surface area contributed by atoms with Gasteiger partial charge in [-0.05, 0) is 53.4 Å². The number of halogens is 1. The predicted molar refractivity (Wildman–Crippen MR) is 76.1 cm³/mol. The fourth-order valence-electron chi connectivity index (χ4n) is 2.27. The standard InChI is InChI=1S/C14H18BrNO2/c1-9-5-6-16(8-14(9)18)11-3-4-12(10(2)17)13(15)7-11/h3-4,7,9,14,18H,5-6,8H2,1-2H3. The number of ketones is 1. The minimum absolute atomic E-state index is 0.0562. The zero-order valence-corrected chi connectivity index (χ0v) is 12.3. The quantitative estimate of drug-likeness (QED) is 0.854. The summed E-state index contributed by atoms with van der Waals surface area (Å²) in [5.41, 5.74) is 1.75. The van der Waals surface area contributed by atoms with E-state index in [4.69, 9.17) is 0 Å². The Morgan fingerprint density at radius 1 is 1.50 bits per heavy atom. The van der Waals surface area contributed by atoms with Gasteiger partial charge in [-0.15, -0.1) is 0 Å². The van der Waals surface area contributed by atoms with Crippen molar-refractivity contribution in [2.75, 3.05) is 18.0 Å². The molecule has 0 saturated carbocycles. The molecule has 1 aliphatic rings. The van der Waals surface area contributed by atoms with Crippen molar-refractivity contribution in [2.24, 2.45) is 5.92 Å². The number of anilines is 1. The molecule has 0 aromatic heterocycles. The summed E-state index contributed by atoms with van der Waals surface area (Å²) in [4.78, 5) is 13.5. The molecule has 1 aromatic carbocycles. The number of nitrogens with zero attached hydrogens (tertiary/aromatic N) is 1. The lowest BCUT2D eigenvalue weighted by molar-refractivity contribution is 0.101. The number of aliphatic hydroxyl groups is 1. The maximum Gasteiger partial charge on any atom is 0.160 e. The van der Waals surface area contributed by atoms with Gasteiger partial charge in [0.2, 0.25) is 0 Å². The number of rotatable bonds is 2. The number of piperidine rings is 1. The molecule has 1 aromatic rings. The van der Waals surface area contributed by atoms with E-state index in [9.17, 15) is 9.90 Å². The van der Waals surface area contributed by atoms with Gasteiger partial charge in [-0.2, -0.15) is 0 Å². The van der Waals surface area contributed by atoms with Crippen LogP contribution in [0.2, 0.25) is 0 Å². The van der Waals surface area contributed by atoms with Gasteiger partial charge >= 0.3 is 0 Å². The van der Waals surface area contributed by atoms with Gasteiger partial charge in [-0.3, -0.25) is 4.79 Å². The van der Waals surface area contributed by atoms with Crippen molar-refractivity contribution in [2.45, 2.75) is 26.4 Å². The van der Waals surface area contributed by atoms with Crippen LogP contribution in [0, 0.1) is 5.92 Å². The van der Waals surface area contributed by atoms with Crippen LogP contribution in [0.25, 0.3) is 0 Å². The number of β-amino-alcohol motifs (C(OH)–C–C–N with tert-alkyl or cyclic N) is 1. The fraction of sp³-hybridized carbons (Fsp3) is 0.500. The Morgan fingerprint density at radius 2 is 2.22 bits per heavy atom. The summed E-state index contributed by atoms with van der Waals surface area (Å²) in [5.74, 6) is 0.418. The smallest absolute Gasteiger partial charge is 0.160 e. The highest BCUT2D eigenvalue weighted by Gasteiger charge is 2.24. The molecule has 3 nitrogen and oxygen atoms in total. The summed E-state index contributed by atoms with van der Waals surface area (Å²) in [6.07, 6.45) is 0.720. The Kier molecular flexibility index (Phi) is 4.07. The van der Waals surface area contributed by atoms with Crippen molar-refractivity contribution < 1.29 is 9.90 Å². The second kappa shape index (κ2) is 5.41. The fourth-order valence-corrected chi connectivity index (χ4v) is 2.92. The molecule has 18 heavy (non-hydrogen) atoms. The van der Waals surface area contributed by atoms with Crippen molar-refractivity contribution >= 4 is 27.4 Å². The van der Waals surface area contributed by atoms with Crippen LogP contribution in [0.3, 0.4) is 0 Å². The molecule has 1 saturated heterocycles. The van der Waals surface area contributed by atoms with E-state index in [0.29, 0.717) is 18.0 Å². The topological polar surface area (TPSA) is 40.5 Å². The molecule has 98 valence electrons. The molecule has 2 rings (SSSR count). The third-order valence-electron chi connectivity index (χ3n) is 3.62. The highest BCUT2D eigenvalue weighted by molar-refractivity contribution is 9.10. The van der Waals surface area contributed by atoms with Gasteiger partial charge in [-0.25, -0.2) is 0 Å². The van der Waals surface area contributed by atoms with E-state index < -0.39 is 0 Å². The van der Waals surface area contributed by atoms with E-state index in [2.05, 4.69) is 27.8 Å². The third kappa shape index (κ3) is 2.75. The van der Waals surface area contributed by atoms with Gasteiger partial charge < -0.3 is 10.0 Å². The van der Waals surface area contributed by atoms with Crippen molar-refractivity contribution in [3.05, 3.63) is 28.2 Å². The van der Waals surface area contributed by atoms with Gasteiger partial charge in [0, 0.05) is 28.8 Å². The molecular weight excluding hydrogens is 294 g/mol. The normalized spacial score (nSPS) is 24.1. The van der Waals surface area contributed by atoms with Gasteiger partial charge in [-0.1, -0.05) is 6.92 Å². The van der Waals surface area contributed by atoms with E-state index in [1.807, 2.05) is 18.2 Å². The zero-order chi connectivity index (χ0) is 13.3. The van der Waals surface area contributed by atoms with E-state index in [1.54, 1.807) is 6.92 Å². The lowest BCUT2D eigenvalue weighted by Crippen LogP contribution is -2.42. The third-order valence-corrected chi connectivity index (χ3v) is 4.27. The second-order valence-corrected chi connectivity index (χ2v) is 5.85. The Hall–Kier alpha value is -0.870. The first-order valence-corrected chi connectivity index (χ1v) is 7.02. The van der Waals surface area contributed by atoms with Crippen LogP contribution >= 0.6 is 15.9 Å². The molecule has 2 atom stereocenters. The van der Waals surface area contributed by atoms with Crippen molar-refractivity contribution in [3.8, 4) is 0 Å². The first kappa shape index (κ1) is 13.6. The van der Waals surface area contributed by atoms with Crippen LogP contribution in [-0.4, -0.2) is 30.1 Å². The highest BCUT2D eigenvalue weighted by Crippen LogP contribution is 2.28. The van der Waals surface area contributed by atoms with Gasteiger partial charge in [0.25, 0.3) is 0 Å². The van der Waals surface area contributed by atoms with E-state index in [1.165, 1.54) is 0 Å². The van der Waals surface area contributed by atoms with Crippen LogP contribution in [0.5, 0.6) is 0 Å². The average molecular weight is 312 g/mol. The van der Waals surface area contributed by atoms with Gasteiger partial charge in [0.15, 0.2) is 5.78 Å². The summed E-state index contributed by atoms with van der Waals surface area (Å²) >= 11 is 3.43. The lowest BCUT2D eigenvalue weighted by Gasteiger charge is -2.36. The van der Waals surface area contributed by atoms with E-state index in [-0.39, 0.29) is 11.9 Å². The number of carbonyl (C=O) groups is 1. The number of hydrogen-bond donors (Lipinski definition) is 1. The molecule has 0 radical (unpaired) electrons. The number of carbonyl (C=O) groups excluding carboxylic acids is 1. The molecule has 4 heteroatoms. The lowest BCUT2D eigenvalue weighted by atomic mass is 9.95. The maximum atomic E-state index is 11.4. The minimum atomic E-state index is -0.273. The number of aliphatic hydroxyl groups excluding tert-OH is 1. The summed E-state index contributed by atoms with van der Waals surface area (Å²) in [6.45, 7) is 5.25. The number of benzene rings is 1. The first-order chi connectivity index (χ1) is 8.49. The highest BCUT2D eigenvalue weighted by atomic mass is 79.9. The molecule has 1 fully saturated rings. The summed E-state index contributed by atoms with van der Waals surface area (Å²) in [7, 11) is 0. The van der Waals surface area contributed by atoms with Crippen molar-refractivity contribution in [3.63, 3.8) is 0 Å². The average Bonchev–Trinajstić information content (AvgIpc) is 2.32.